The van der Waals surface area contributed by atoms with Crippen LogP contribution in [0.2, 0.25) is 0 Å². The van der Waals surface area contributed by atoms with Gasteiger partial charge in [0.1, 0.15) is 5.82 Å². The van der Waals surface area contributed by atoms with Gasteiger partial charge in [0.05, 0.1) is 24.1 Å². The van der Waals surface area contributed by atoms with Crippen LogP contribution in [0.5, 0.6) is 0 Å². The van der Waals surface area contributed by atoms with Crippen LogP contribution in [0, 0.1) is 0 Å². The molecule has 3 N–H and O–H groups in total. The SMILES string of the molecule is CCc1nn(C)cc1CNc1nccc(C(=O)OC)c1N. The number of hydrogen-bond donors (Lipinski definition) is 2. The van der Waals surface area contributed by atoms with E-state index in [0.717, 1.165) is 17.7 Å². The third kappa shape index (κ3) is 3.13. The minimum absolute atomic E-state index is 0.284. The Labute approximate surface area is 123 Å². The van der Waals surface area contributed by atoms with Gasteiger partial charge in [0, 0.05) is 31.5 Å². The van der Waals surface area contributed by atoms with Gasteiger partial charge in [-0.25, -0.2) is 9.78 Å². The number of pyridine rings is 1. The average molecular weight is 289 g/mol. The number of nitrogens with zero attached hydrogens (tertiary/aromatic N) is 3. The number of anilines is 2. The van der Waals surface area contributed by atoms with E-state index in [1.165, 1.54) is 19.4 Å². The van der Waals surface area contributed by atoms with Crippen molar-refractivity contribution in [3.8, 4) is 0 Å². The van der Waals surface area contributed by atoms with Gasteiger partial charge in [-0.2, -0.15) is 5.10 Å². The molecule has 0 amide bonds. The minimum atomic E-state index is -0.478. The normalized spacial score (nSPS) is 10.4. The zero-order valence-corrected chi connectivity index (χ0v) is 12.4. The largest absolute Gasteiger partial charge is 0.465 e. The number of rotatable bonds is 5. The quantitative estimate of drug-likeness (QED) is 0.807. The van der Waals surface area contributed by atoms with Crippen LogP contribution in [0.1, 0.15) is 28.5 Å². The first-order valence-corrected chi connectivity index (χ1v) is 6.64. The lowest BCUT2D eigenvalue weighted by molar-refractivity contribution is 0.0602. The number of aryl methyl sites for hydroxylation is 2. The first kappa shape index (κ1) is 14.8. The van der Waals surface area contributed by atoms with Crippen molar-refractivity contribution < 1.29 is 9.53 Å². The zero-order chi connectivity index (χ0) is 15.4. The van der Waals surface area contributed by atoms with E-state index in [0.29, 0.717) is 17.9 Å². The highest BCUT2D eigenvalue weighted by Gasteiger charge is 2.14. The molecule has 0 unspecified atom stereocenters. The van der Waals surface area contributed by atoms with E-state index in [4.69, 9.17) is 5.73 Å². The molecule has 0 radical (unpaired) electrons. The number of nitrogens with two attached hydrogens (primary N) is 1. The number of esters is 1. The summed E-state index contributed by atoms with van der Waals surface area (Å²) in [7, 11) is 3.20. The second kappa shape index (κ2) is 6.25. The predicted molar refractivity (Wildman–Crippen MR) is 79.9 cm³/mol. The topological polar surface area (TPSA) is 95.1 Å². The fraction of sp³-hybridized carbons (Fsp3) is 0.357. The molecule has 112 valence electrons. The van der Waals surface area contributed by atoms with E-state index in [-0.39, 0.29) is 5.69 Å². The molecule has 0 bridgehead atoms. The molecule has 7 nitrogen and oxygen atoms in total. The van der Waals surface area contributed by atoms with Crippen molar-refractivity contribution in [3.05, 3.63) is 35.3 Å². The maximum absolute atomic E-state index is 11.6. The van der Waals surface area contributed by atoms with Gasteiger partial charge in [0.25, 0.3) is 0 Å². The molecule has 0 fully saturated rings. The summed E-state index contributed by atoms with van der Waals surface area (Å²) in [6.07, 6.45) is 4.32. The van der Waals surface area contributed by atoms with Crippen molar-refractivity contribution >= 4 is 17.5 Å². The highest BCUT2D eigenvalue weighted by Crippen LogP contribution is 2.21. The molecule has 2 aromatic heterocycles. The Morgan fingerprint density at radius 2 is 2.29 bits per heavy atom. The summed E-state index contributed by atoms with van der Waals surface area (Å²) in [5.74, 6) is -0.0163. The second-order valence-corrected chi connectivity index (χ2v) is 4.59. The highest BCUT2D eigenvalue weighted by atomic mass is 16.5. The highest BCUT2D eigenvalue weighted by molar-refractivity contribution is 5.97. The van der Waals surface area contributed by atoms with E-state index in [1.807, 2.05) is 13.2 Å². The summed E-state index contributed by atoms with van der Waals surface area (Å²) in [4.78, 5) is 15.8. The van der Waals surface area contributed by atoms with Gasteiger partial charge in [-0.3, -0.25) is 4.68 Å². The van der Waals surface area contributed by atoms with Crippen LogP contribution in [-0.4, -0.2) is 27.8 Å². The first-order valence-electron chi connectivity index (χ1n) is 6.64. The maximum atomic E-state index is 11.6. The Bertz CT molecular complexity index is 651. The molecule has 0 spiro atoms. The van der Waals surface area contributed by atoms with Crippen LogP contribution in [-0.2, 0) is 24.8 Å². The zero-order valence-electron chi connectivity index (χ0n) is 12.4. The van der Waals surface area contributed by atoms with Crippen molar-refractivity contribution in [1.82, 2.24) is 14.8 Å². The summed E-state index contributed by atoms with van der Waals surface area (Å²) in [6, 6.07) is 1.54. The summed E-state index contributed by atoms with van der Waals surface area (Å²) in [5.41, 5.74) is 8.63. The van der Waals surface area contributed by atoms with Gasteiger partial charge in [-0.15, -0.1) is 0 Å². The molecular formula is C14H19N5O2. The fourth-order valence-corrected chi connectivity index (χ4v) is 2.11. The summed E-state index contributed by atoms with van der Waals surface area (Å²) >= 11 is 0. The van der Waals surface area contributed by atoms with E-state index >= 15 is 0 Å². The van der Waals surface area contributed by atoms with E-state index in [2.05, 4.69) is 27.1 Å². The smallest absolute Gasteiger partial charge is 0.340 e. The molecule has 2 aromatic rings. The Hall–Kier alpha value is -2.57. The fourth-order valence-electron chi connectivity index (χ4n) is 2.11. The molecule has 0 aliphatic rings. The van der Waals surface area contributed by atoms with Crippen LogP contribution in [0.3, 0.4) is 0 Å². The molecule has 0 aromatic carbocycles. The Morgan fingerprint density at radius 3 is 2.95 bits per heavy atom. The van der Waals surface area contributed by atoms with Gasteiger partial charge in [0.15, 0.2) is 0 Å². The number of carbonyl (C=O) groups excluding carboxylic acids is 1. The Kier molecular flexibility index (Phi) is 4.42. The summed E-state index contributed by atoms with van der Waals surface area (Å²) < 4.78 is 6.46. The maximum Gasteiger partial charge on any atom is 0.340 e. The summed E-state index contributed by atoms with van der Waals surface area (Å²) in [6.45, 7) is 2.59. The van der Waals surface area contributed by atoms with E-state index in [1.54, 1.807) is 4.68 Å². The molecular weight excluding hydrogens is 270 g/mol. The number of nitrogens with one attached hydrogen (secondary N) is 1. The first-order chi connectivity index (χ1) is 10.1. The average Bonchev–Trinajstić information content (AvgIpc) is 2.85. The third-order valence-corrected chi connectivity index (χ3v) is 3.17. The van der Waals surface area contributed by atoms with Gasteiger partial charge in [0.2, 0.25) is 0 Å². The van der Waals surface area contributed by atoms with Crippen LogP contribution in [0.25, 0.3) is 0 Å². The molecule has 0 saturated carbocycles. The predicted octanol–water partition coefficient (Wildman–Crippen LogP) is 1.36. The van der Waals surface area contributed by atoms with Gasteiger partial charge in [-0.05, 0) is 12.5 Å². The molecule has 21 heavy (non-hydrogen) atoms. The van der Waals surface area contributed by atoms with Crippen molar-refractivity contribution in [3.63, 3.8) is 0 Å². The monoisotopic (exact) mass is 289 g/mol. The molecule has 2 heterocycles. The Balaban J connectivity index is 2.18. The van der Waals surface area contributed by atoms with E-state index < -0.39 is 5.97 Å². The van der Waals surface area contributed by atoms with Gasteiger partial charge in [-0.1, -0.05) is 6.92 Å². The number of carbonyl (C=O) groups is 1. The number of methoxy groups -OCH3 is 1. The molecule has 0 aliphatic heterocycles. The number of aromatic nitrogens is 3. The van der Waals surface area contributed by atoms with Crippen LogP contribution in [0.4, 0.5) is 11.5 Å². The molecule has 2 rings (SSSR count). The lowest BCUT2D eigenvalue weighted by atomic mass is 10.2. The van der Waals surface area contributed by atoms with Crippen LogP contribution < -0.4 is 11.1 Å². The lowest BCUT2D eigenvalue weighted by Crippen LogP contribution is -2.11. The van der Waals surface area contributed by atoms with Gasteiger partial charge >= 0.3 is 5.97 Å². The lowest BCUT2D eigenvalue weighted by Gasteiger charge is -2.10. The number of ether oxygens (including phenoxy) is 1. The molecule has 7 heteroatoms. The number of nitrogen functional groups attached to an aromatic ring is 1. The van der Waals surface area contributed by atoms with Crippen LogP contribution >= 0.6 is 0 Å². The van der Waals surface area contributed by atoms with Gasteiger partial charge < -0.3 is 15.8 Å². The second-order valence-electron chi connectivity index (χ2n) is 4.59. The van der Waals surface area contributed by atoms with Crippen molar-refractivity contribution in [2.24, 2.45) is 7.05 Å². The molecule has 0 atom stereocenters. The molecule has 0 saturated heterocycles. The third-order valence-electron chi connectivity index (χ3n) is 3.17. The molecule has 0 aliphatic carbocycles. The Morgan fingerprint density at radius 1 is 1.52 bits per heavy atom. The number of hydrogen-bond acceptors (Lipinski definition) is 6. The van der Waals surface area contributed by atoms with Crippen molar-refractivity contribution in [2.75, 3.05) is 18.2 Å². The standard InChI is InChI=1S/C14H19N5O2/c1-4-11-9(8-19(2)18-11)7-17-13-12(15)10(5-6-16-13)14(20)21-3/h5-6,8H,4,7,15H2,1-3H3,(H,16,17). The van der Waals surface area contributed by atoms with Crippen molar-refractivity contribution in [2.45, 2.75) is 19.9 Å². The van der Waals surface area contributed by atoms with Crippen molar-refractivity contribution in [1.29, 1.82) is 0 Å². The van der Waals surface area contributed by atoms with E-state index in [9.17, 15) is 4.79 Å². The minimum Gasteiger partial charge on any atom is -0.465 e. The summed E-state index contributed by atoms with van der Waals surface area (Å²) in [5, 5.41) is 7.51. The van der Waals surface area contributed by atoms with Crippen LogP contribution in [0.15, 0.2) is 18.5 Å².